The first-order valence-electron chi connectivity index (χ1n) is 19.7. The van der Waals surface area contributed by atoms with Crippen LogP contribution in [0.3, 0.4) is 0 Å². The van der Waals surface area contributed by atoms with Crippen LogP contribution in [0.25, 0.3) is 5.69 Å². The van der Waals surface area contributed by atoms with Gasteiger partial charge in [0.1, 0.15) is 12.3 Å². The number of ether oxygens (including phenoxy) is 1. The third-order valence-corrected chi connectivity index (χ3v) is 10.7. The van der Waals surface area contributed by atoms with Gasteiger partial charge < -0.3 is 29.7 Å². The molecule has 1 aliphatic heterocycles. The average Bonchev–Trinajstić information content (AvgIpc) is 3.84. The molecule has 3 heterocycles. The highest BCUT2D eigenvalue weighted by atomic mass is 16.5. The molecule has 0 saturated carbocycles. The average molecular weight is 771 g/mol. The Bertz CT molecular complexity index is 2240. The fourth-order valence-corrected chi connectivity index (χ4v) is 7.70. The van der Waals surface area contributed by atoms with Gasteiger partial charge in [0.05, 0.1) is 23.6 Å². The van der Waals surface area contributed by atoms with Gasteiger partial charge in [0.2, 0.25) is 5.91 Å². The van der Waals surface area contributed by atoms with Crippen LogP contribution in [0, 0.1) is 0 Å². The highest BCUT2D eigenvalue weighted by Crippen LogP contribution is 2.39. The first kappa shape index (κ1) is 39.2. The van der Waals surface area contributed by atoms with Crippen LogP contribution >= 0.6 is 0 Å². The molecule has 5 aromatic rings. The number of nitrogens with one attached hydrogen (secondary N) is 2. The van der Waals surface area contributed by atoms with Crippen LogP contribution in [0.4, 0.5) is 11.4 Å². The molecule has 2 aliphatic rings. The highest BCUT2D eigenvalue weighted by Gasteiger charge is 2.33. The van der Waals surface area contributed by atoms with E-state index in [2.05, 4.69) is 33.9 Å². The number of esters is 1. The van der Waals surface area contributed by atoms with E-state index in [4.69, 9.17) is 4.74 Å². The molecular weight excluding hydrogens is 721 g/mol. The van der Waals surface area contributed by atoms with Crippen molar-refractivity contribution in [3.63, 3.8) is 0 Å². The van der Waals surface area contributed by atoms with Crippen LogP contribution in [0.1, 0.15) is 99.3 Å². The predicted octanol–water partition coefficient (Wildman–Crippen LogP) is 6.02. The van der Waals surface area contributed by atoms with Crippen LogP contribution in [-0.2, 0) is 28.9 Å². The molecule has 2 amide bonds. The van der Waals surface area contributed by atoms with Gasteiger partial charge in [0, 0.05) is 73.1 Å². The number of hydrogen-bond donors (Lipinski definition) is 2. The summed E-state index contributed by atoms with van der Waals surface area (Å²) in [5, 5.41) is 15.3. The lowest BCUT2D eigenvalue weighted by molar-refractivity contribution is -0.118. The molecule has 0 saturated heterocycles. The number of amides is 2. The molecule has 13 heteroatoms. The van der Waals surface area contributed by atoms with Crippen molar-refractivity contribution in [2.75, 3.05) is 44.0 Å². The topological polar surface area (TPSA) is 144 Å². The number of aromatic nitrogens is 4. The van der Waals surface area contributed by atoms with Gasteiger partial charge in [0.25, 0.3) is 5.91 Å². The Morgan fingerprint density at radius 3 is 2.51 bits per heavy atom. The number of para-hydroxylation sites is 1. The smallest absolute Gasteiger partial charge is 0.355 e. The Morgan fingerprint density at radius 2 is 1.75 bits per heavy atom. The first-order valence-corrected chi connectivity index (χ1v) is 19.7. The van der Waals surface area contributed by atoms with E-state index in [-0.39, 0.29) is 36.3 Å². The number of ketones is 1. The van der Waals surface area contributed by atoms with Crippen LogP contribution < -0.4 is 15.5 Å². The zero-order valence-corrected chi connectivity index (χ0v) is 33.0. The molecule has 2 atom stereocenters. The van der Waals surface area contributed by atoms with Gasteiger partial charge in [-0.2, -0.15) is 0 Å². The Morgan fingerprint density at radius 1 is 0.982 bits per heavy atom. The van der Waals surface area contributed by atoms with Gasteiger partial charge in [-0.15, -0.1) is 5.10 Å². The van der Waals surface area contributed by atoms with E-state index >= 15 is 0 Å². The summed E-state index contributed by atoms with van der Waals surface area (Å²) < 4.78 is 9.15. The minimum Gasteiger partial charge on any atom is -0.460 e. The summed E-state index contributed by atoms with van der Waals surface area (Å²) in [5.74, 6) is -0.470. The van der Waals surface area contributed by atoms with Crippen molar-refractivity contribution < 1.29 is 23.9 Å². The molecule has 0 fully saturated rings. The molecule has 2 N–H and O–H groups in total. The molecule has 0 radical (unpaired) electrons. The SMILES string of the molecule is CCC(=O)N1c2ccccc2[C@H](Nc2ccc(-n3cc(CCNC(=O)c4ccc(Cn5c(C(=O)OCCN(C)C)cc6c5CCCC6=O)cc4)nn3)cc2)C[C@@H]1C. The maximum absolute atomic E-state index is 13.1. The summed E-state index contributed by atoms with van der Waals surface area (Å²) in [4.78, 5) is 55.4. The number of carbonyl (C=O) groups is 4. The maximum Gasteiger partial charge on any atom is 0.355 e. The molecule has 0 unspecified atom stereocenters. The Labute approximate surface area is 333 Å². The summed E-state index contributed by atoms with van der Waals surface area (Å²) in [7, 11) is 3.82. The Balaban J connectivity index is 0.923. The number of fused-ring (bicyclic) bond motifs is 2. The van der Waals surface area contributed by atoms with Gasteiger partial charge in [0.15, 0.2) is 5.78 Å². The molecular formula is C44H50N8O5. The minimum absolute atomic E-state index is 0.0472. The van der Waals surface area contributed by atoms with E-state index < -0.39 is 5.97 Å². The molecule has 13 nitrogen and oxygen atoms in total. The van der Waals surface area contributed by atoms with Crippen molar-refractivity contribution in [2.45, 2.75) is 71.0 Å². The third-order valence-electron chi connectivity index (χ3n) is 10.7. The zero-order chi connectivity index (χ0) is 40.1. The minimum atomic E-state index is -0.447. The number of benzene rings is 3. The third kappa shape index (κ3) is 8.83. The second-order valence-corrected chi connectivity index (χ2v) is 15.1. The quantitative estimate of drug-likeness (QED) is 0.130. The monoisotopic (exact) mass is 770 g/mol. The lowest BCUT2D eigenvalue weighted by atomic mass is 9.91. The molecule has 296 valence electrons. The first-order chi connectivity index (χ1) is 27.6. The van der Waals surface area contributed by atoms with Crippen molar-refractivity contribution in [1.29, 1.82) is 0 Å². The van der Waals surface area contributed by atoms with Crippen molar-refractivity contribution in [3.05, 3.63) is 124 Å². The molecule has 2 aromatic heterocycles. The lowest BCUT2D eigenvalue weighted by Crippen LogP contribution is -2.44. The number of likely N-dealkylation sites (N-methyl/N-ethyl adjacent to an activating group) is 1. The second kappa shape index (κ2) is 17.4. The number of nitrogens with zero attached hydrogens (tertiary/aromatic N) is 6. The summed E-state index contributed by atoms with van der Waals surface area (Å²) in [5.41, 5.74) is 7.90. The molecule has 57 heavy (non-hydrogen) atoms. The standard InChI is InChI=1S/C44H50N8O5/c1-5-42(54)52-29(2)25-37(35-9-6-7-10-39(35)52)46-32-17-19-34(20-18-32)51-28-33(47-48-51)21-22-45-43(55)31-15-13-30(14-16-31)27-50-38-11-8-12-41(53)36(38)26-40(50)44(56)57-24-23-49(3)4/h6-7,9-10,13-20,26,28-29,37,46H,5,8,11-12,21-25,27H2,1-4H3,(H,45,55)/t29-,37+/m0/s1. The summed E-state index contributed by atoms with van der Waals surface area (Å²) in [6.45, 7) is 5.62. The predicted molar refractivity (Wildman–Crippen MR) is 218 cm³/mol. The van der Waals surface area contributed by atoms with Crippen molar-refractivity contribution in [3.8, 4) is 5.69 Å². The second-order valence-electron chi connectivity index (χ2n) is 15.1. The van der Waals surface area contributed by atoms with Crippen LogP contribution in [0.15, 0.2) is 85.1 Å². The Hall–Kier alpha value is -6.08. The van der Waals surface area contributed by atoms with Gasteiger partial charge in [-0.3, -0.25) is 14.4 Å². The lowest BCUT2D eigenvalue weighted by Gasteiger charge is -2.40. The molecule has 7 rings (SSSR count). The zero-order valence-electron chi connectivity index (χ0n) is 33.0. The van der Waals surface area contributed by atoms with Crippen molar-refractivity contribution >= 4 is 34.9 Å². The highest BCUT2D eigenvalue weighted by molar-refractivity contribution is 6.01. The van der Waals surface area contributed by atoms with Gasteiger partial charge in [-0.1, -0.05) is 42.5 Å². The molecule has 0 bridgehead atoms. The summed E-state index contributed by atoms with van der Waals surface area (Å²) >= 11 is 0. The summed E-state index contributed by atoms with van der Waals surface area (Å²) in [6.07, 6.45) is 5.57. The van der Waals surface area contributed by atoms with Crippen molar-refractivity contribution in [2.24, 2.45) is 0 Å². The largest absolute Gasteiger partial charge is 0.460 e. The maximum atomic E-state index is 13.1. The number of Topliss-reactive ketones (excluding diaryl/α,β-unsaturated/α-hetero) is 1. The van der Waals surface area contributed by atoms with Crippen LogP contribution in [-0.4, -0.2) is 87.9 Å². The number of anilines is 2. The number of rotatable bonds is 14. The van der Waals surface area contributed by atoms with E-state index in [1.165, 1.54) is 0 Å². The normalized spacial score (nSPS) is 16.2. The van der Waals surface area contributed by atoms with E-state index in [1.807, 2.05) is 96.2 Å². The fourth-order valence-electron chi connectivity index (χ4n) is 7.70. The van der Waals surface area contributed by atoms with Gasteiger partial charge in [-0.05, 0) is 99.9 Å². The summed E-state index contributed by atoms with van der Waals surface area (Å²) in [6, 6.07) is 25.2. The van der Waals surface area contributed by atoms with E-state index in [0.29, 0.717) is 62.1 Å². The fraction of sp³-hybridized carbons (Fsp3) is 0.364. The van der Waals surface area contributed by atoms with E-state index in [9.17, 15) is 19.2 Å². The van der Waals surface area contributed by atoms with E-state index in [1.54, 1.807) is 22.9 Å². The van der Waals surface area contributed by atoms with Gasteiger partial charge >= 0.3 is 5.97 Å². The van der Waals surface area contributed by atoms with E-state index in [0.717, 1.165) is 52.4 Å². The van der Waals surface area contributed by atoms with Crippen LogP contribution in [0.2, 0.25) is 0 Å². The van der Waals surface area contributed by atoms with Gasteiger partial charge in [-0.25, -0.2) is 9.48 Å². The van der Waals surface area contributed by atoms with Crippen molar-refractivity contribution in [1.82, 2.24) is 29.8 Å². The molecule has 1 aliphatic carbocycles. The number of carbonyl (C=O) groups excluding carboxylic acids is 4. The van der Waals surface area contributed by atoms with Crippen LogP contribution in [0.5, 0.6) is 0 Å². The molecule has 0 spiro atoms. The Kier molecular flexibility index (Phi) is 11.9. The number of hydrogen-bond acceptors (Lipinski definition) is 9. The molecule has 3 aromatic carbocycles.